The zero-order chi connectivity index (χ0) is 7.78. The third-order valence-corrected chi connectivity index (χ3v) is 2.13. The maximum atomic E-state index is 5.54. The number of alkyl halides is 1. The van der Waals surface area contributed by atoms with Gasteiger partial charge >= 0.3 is 0 Å². The van der Waals surface area contributed by atoms with Crippen LogP contribution in [0.5, 0.6) is 0 Å². The molecule has 2 nitrogen and oxygen atoms in total. The first-order valence-corrected chi connectivity index (χ1v) is 4.39. The van der Waals surface area contributed by atoms with Crippen molar-refractivity contribution in [2.24, 2.45) is 0 Å². The zero-order valence-electron chi connectivity index (χ0n) is 6.56. The Balaban J connectivity index is 2.43. The van der Waals surface area contributed by atoms with E-state index >= 15 is 0 Å². The number of hydrogen-bond donors (Lipinski definition) is 0. The molecule has 2 unspecified atom stereocenters. The Labute approximate surface area is 70.0 Å². The van der Waals surface area contributed by atoms with E-state index in [1.807, 2.05) is 13.8 Å². The van der Waals surface area contributed by atoms with Gasteiger partial charge in [0.2, 0.25) is 0 Å². The molecule has 60 valence electrons. The highest BCUT2D eigenvalue weighted by atomic mass is 79.9. The molecule has 0 aromatic carbocycles. The first-order chi connectivity index (χ1) is 4.51. The number of ether oxygens (including phenoxy) is 2. The Kier molecular flexibility index (Phi) is 2.38. The quantitative estimate of drug-likeness (QED) is 0.614. The molecule has 1 saturated heterocycles. The minimum atomic E-state index is -0.382. The summed E-state index contributed by atoms with van der Waals surface area (Å²) in [5, 5.41) is 0. The van der Waals surface area contributed by atoms with Gasteiger partial charge in [-0.1, -0.05) is 22.9 Å². The topological polar surface area (TPSA) is 18.5 Å². The predicted molar refractivity (Wildman–Crippen MR) is 43.3 cm³/mol. The predicted octanol–water partition coefficient (Wildman–Crippen LogP) is 1.92. The highest BCUT2D eigenvalue weighted by molar-refractivity contribution is 9.09. The first kappa shape index (κ1) is 8.50. The molecule has 0 bridgehead atoms. The van der Waals surface area contributed by atoms with Gasteiger partial charge in [-0.15, -0.1) is 0 Å². The van der Waals surface area contributed by atoms with Gasteiger partial charge in [0.1, 0.15) is 0 Å². The van der Waals surface area contributed by atoms with Crippen molar-refractivity contribution in [1.29, 1.82) is 0 Å². The van der Waals surface area contributed by atoms with Crippen LogP contribution in [-0.4, -0.2) is 23.3 Å². The summed E-state index contributed by atoms with van der Waals surface area (Å²) < 4.78 is 10.9. The molecule has 3 heteroatoms. The lowest BCUT2D eigenvalue weighted by molar-refractivity contribution is -0.137. The van der Waals surface area contributed by atoms with E-state index in [0.29, 0.717) is 11.4 Å². The van der Waals surface area contributed by atoms with Crippen molar-refractivity contribution in [2.75, 3.05) is 6.61 Å². The molecule has 0 spiro atoms. The molecular formula is C7H13BrO2. The second-order valence-corrected chi connectivity index (χ2v) is 4.49. The zero-order valence-corrected chi connectivity index (χ0v) is 8.14. The van der Waals surface area contributed by atoms with Gasteiger partial charge in [-0.2, -0.15) is 0 Å². The highest BCUT2D eigenvalue weighted by Crippen LogP contribution is 2.26. The van der Waals surface area contributed by atoms with Gasteiger partial charge in [0.25, 0.3) is 0 Å². The monoisotopic (exact) mass is 208 g/mol. The molecule has 1 aliphatic heterocycles. The molecule has 0 aliphatic carbocycles. The third kappa shape index (κ3) is 1.94. The molecule has 0 saturated carbocycles. The van der Waals surface area contributed by atoms with Gasteiger partial charge in [-0.05, 0) is 13.8 Å². The van der Waals surface area contributed by atoms with Gasteiger partial charge in [0, 0.05) is 4.83 Å². The molecule has 1 rings (SSSR count). The van der Waals surface area contributed by atoms with Crippen LogP contribution in [-0.2, 0) is 9.47 Å². The minimum absolute atomic E-state index is 0.204. The summed E-state index contributed by atoms with van der Waals surface area (Å²) in [6.07, 6.45) is 0.204. The number of halogens is 1. The fraction of sp³-hybridized carbons (Fsp3) is 1.00. The fourth-order valence-electron chi connectivity index (χ4n) is 0.942. The molecule has 0 aromatic rings. The summed E-state index contributed by atoms with van der Waals surface area (Å²) in [6.45, 7) is 6.62. The Morgan fingerprint density at radius 1 is 1.60 bits per heavy atom. The van der Waals surface area contributed by atoms with Gasteiger partial charge in [-0.3, -0.25) is 0 Å². The summed E-state index contributed by atoms with van der Waals surface area (Å²) in [4.78, 5) is 0.370. The molecule has 1 heterocycles. The van der Waals surface area contributed by atoms with Gasteiger partial charge in [-0.25, -0.2) is 0 Å². The lowest BCUT2D eigenvalue weighted by Crippen LogP contribution is -2.25. The van der Waals surface area contributed by atoms with E-state index in [9.17, 15) is 0 Å². The van der Waals surface area contributed by atoms with Crippen molar-refractivity contribution < 1.29 is 9.47 Å². The first-order valence-electron chi connectivity index (χ1n) is 3.47. The summed E-state index contributed by atoms with van der Waals surface area (Å²) >= 11 is 3.45. The lowest BCUT2D eigenvalue weighted by Gasteiger charge is -2.17. The average molecular weight is 209 g/mol. The van der Waals surface area contributed by atoms with Crippen LogP contribution in [0.3, 0.4) is 0 Å². The van der Waals surface area contributed by atoms with Crippen LogP contribution in [0, 0.1) is 0 Å². The molecule has 2 atom stereocenters. The van der Waals surface area contributed by atoms with E-state index in [-0.39, 0.29) is 11.9 Å². The van der Waals surface area contributed by atoms with Crippen LogP contribution in [0.15, 0.2) is 0 Å². The largest absolute Gasteiger partial charge is 0.348 e. The van der Waals surface area contributed by atoms with Crippen molar-refractivity contribution in [1.82, 2.24) is 0 Å². The van der Waals surface area contributed by atoms with E-state index in [4.69, 9.17) is 9.47 Å². The summed E-state index contributed by atoms with van der Waals surface area (Å²) in [5.41, 5.74) is 0. The van der Waals surface area contributed by atoms with Crippen molar-refractivity contribution >= 4 is 15.9 Å². The lowest BCUT2D eigenvalue weighted by atomic mass is 10.3. The summed E-state index contributed by atoms with van der Waals surface area (Å²) in [7, 11) is 0. The average Bonchev–Trinajstić information content (AvgIpc) is 2.10. The van der Waals surface area contributed by atoms with Crippen LogP contribution in [0.2, 0.25) is 0 Å². The molecule has 10 heavy (non-hydrogen) atoms. The van der Waals surface area contributed by atoms with Crippen LogP contribution >= 0.6 is 15.9 Å². The highest BCUT2D eigenvalue weighted by Gasteiger charge is 2.34. The van der Waals surface area contributed by atoms with Crippen LogP contribution in [0.1, 0.15) is 20.8 Å². The SMILES string of the molecule is CC(Br)C1COC(C)(C)O1. The number of hydrogen-bond acceptors (Lipinski definition) is 2. The van der Waals surface area contributed by atoms with Crippen LogP contribution in [0.4, 0.5) is 0 Å². The fourth-order valence-corrected chi connectivity index (χ4v) is 1.20. The third-order valence-electron chi connectivity index (χ3n) is 1.54. The maximum absolute atomic E-state index is 5.54. The summed E-state index contributed by atoms with van der Waals surface area (Å²) in [6, 6.07) is 0. The van der Waals surface area contributed by atoms with E-state index in [1.165, 1.54) is 0 Å². The van der Waals surface area contributed by atoms with Gasteiger partial charge in [0.05, 0.1) is 12.7 Å². The standard InChI is InChI=1S/C7H13BrO2/c1-5(8)6-4-9-7(2,3)10-6/h5-6H,4H2,1-3H3. The van der Waals surface area contributed by atoms with Crippen LogP contribution in [0.25, 0.3) is 0 Å². The van der Waals surface area contributed by atoms with Crippen molar-refractivity contribution in [2.45, 2.75) is 37.5 Å². The van der Waals surface area contributed by atoms with Gasteiger partial charge in [0.15, 0.2) is 5.79 Å². The molecule has 1 aliphatic rings. The summed E-state index contributed by atoms with van der Waals surface area (Å²) in [5.74, 6) is -0.382. The van der Waals surface area contributed by atoms with Crippen molar-refractivity contribution in [3.63, 3.8) is 0 Å². The second kappa shape index (κ2) is 2.80. The van der Waals surface area contributed by atoms with E-state index in [1.54, 1.807) is 0 Å². The van der Waals surface area contributed by atoms with Crippen LogP contribution < -0.4 is 0 Å². The second-order valence-electron chi connectivity index (χ2n) is 3.04. The van der Waals surface area contributed by atoms with Crippen molar-refractivity contribution in [3.8, 4) is 0 Å². The van der Waals surface area contributed by atoms with Gasteiger partial charge < -0.3 is 9.47 Å². The number of rotatable bonds is 1. The minimum Gasteiger partial charge on any atom is -0.348 e. The van der Waals surface area contributed by atoms with E-state index in [0.717, 1.165) is 0 Å². The molecule has 0 amide bonds. The Morgan fingerprint density at radius 3 is 2.40 bits per heavy atom. The smallest absolute Gasteiger partial charge is 0.163 e. The molecule has 1 fully saturated rings. The Hall–Kier alpha value is 0.400. The normalized spacial score (nSPS) is 34.2. The molecular weight excluding hydrogens is 196 g/mol. The Morgan fingerprint density at radius 2 is 2.20 bits per heavy atom. The van der Waals surface area contributed by atoms with E-state index < -0.39 is 0 Å². The maximum Gasteiger partial charge on any atom is 0.163 e. The van der Waals surface area contributed by atoms with E-state index in [2.05, 4.69) is 22.9 Å². The molecule has 0 N–H and O–H groups in total. The molecule has 0 radical (unpaired) electrons. The van der Waals surface area contributed by atoms with Crippen molar-refractivity contribution in [3.05, 3.63) is 0 Å². The molecule has 0 aromatic heterocycles. The Bertz CT molecular complexity index is 123.